The fraction of sp³-hybridized carbons (Fsp3) is 0.400. The summed E-state index contributed by atoms with van der Waals surface area (Å²) in [6.45, 7) is -0.948. The van der Waals surface area contributed by atoms with Crippen molar-refractivity contribution >= 4 is 29.1 Å². The molecule has 0 saturated carbocycles. The van der Waals surface area contributed by atoms with E-state index in [1.165, 1.54) is 5.38 Å². The van der Waals surface area contributed by atoms with E-state index in [1.54, 1.807) is 0 Å². The second-order valence-electron chi connectivity index (χ2n) is 3.83. The number of carboxylic acid groups (broad SMARTS) is 1. The summed E-state index contributed by atoms with van der Waals surface area (Å²) in [5.74, 6) is -3.85. The van der Waals surface area contributed by atoms with Crippen LogP contribution in [0.3, 0.4) is 0 Å². The first-order valence-corrected chi connectivity index (χ1v) is 5.80. The summed E-state index contributed by atoms with van der Waals surface area (Å²) in [6, 6.07) is 0. The molecule has 0 spiro atoms. The minimum absolute atomic E-state index is 0.0188. The molecule has 1 aromatic rings. The van der Waals surface area contributed by atoms with Crippen LogP contribution in [0.4, 0.5) is 19.3 Å². The molecule has 1 aliphatic heterocycles. The Morgan fingerprint density at radius 3 is 2.78 bits per heavy atom. The van der Waals surface area contributed by atoms with Crippen molar-refractivity contribution < 1.29 is 28.2 Å². The van der Waals surface area contributed by atoms with Crippen LogP contribution in [0.5, 0.6) is 0 Å². The molecule has 0 saturated heterocycles. The smallest absolute Gasteiger partial charge is 0.412 e. The van der Waals surface area contributed by atoms with Gasteiger partial charge in [-0.1, -0.05) is 0 Å². The van der Waals surface area contributed by atoms with Crippen molar-refractivity contribution in [3.63, 3.8) is 0 Å². The molecule has 0 fully saturated rings. The topological polar surface area (TPSA) is 66.8 Å². The van der Waals surface area contributed by atoms with Gasteiger partial charge in [0.15, 0.2) is 0 Å². The first-order valence-electron chi connectivity index (χ1n) is 4.92. The molecule has 0 unspecified atom stereocenters. The Labute approximate surface area is 105 Å². The van der Waals surface area contributed by atoms with Gasteiger partial charge in [-0.25, -0.2) is 18.4 Å². The van der Waals surface area contributed by atoms with Crippen LogP contribution in [-0.4, -0.2) is 36.7 Å². The Bertz CT molecular complexity index is 514. The van der Waals surface area contributed by atoms with Gasteiger partial charge in [-0.05, 0) is 10.9 Å². The molecule has 1 N–H and O–H groups in total. The molecular formula is C10H9F2NO4S. The van der Waals surface area contributed by atoms with E-state index in [0.717, 1.165) is 18.4 Å². The third-order valence-corrected chi connectivity index (χ3v) is 3.55. The zero-order valence-electron chi connectivity index (χ0n) is 9.27. The second kappa shape index (κ2) is 4.20. The number of ether oxygens (including phenoxy) is 1. The molecule has 0 aromatic carbocycles. The van der Waals surface area contributed by atoms with Gasteiger partial charge in [0, 0.05) is 6.42 Å². The second-order valence-corrected chi connectivity index (χ2v) is 4.71. The minimum atomic E-state index is -3.13. The zero-order valence-corrected chi connectivity index (χ0v) is 10.1. The molecule has 1 amide bonds. The maximum atomic E-state index is 13.4. The molecule has 2 heterocycles. The van der Waals surface area contributed by atoms with Crippen molar-refractivity contribution in [3.8, 4) is 0 Å². The summed E-state index contributed by atoms with van der Waals surface area (Å²) in [5.41, 5.74) is 0.171. The molecular weight excluding hydrogens is 268 g/mol. The lowest BCUT2D eigenvalue weighted by Crippen LogP contribution is -2.45. The lowest BCUT2D eigenvalue weighted by atomic mass is 10.0. The summed E-state index contributed by atoms with van der Waals surface area (Å²) in [5, 5.41) is 10.3. The summed E-state index contributed by atoms with van der Waals surface area (Å²) in [7, 11) is 1.15. The number of alkyl halides is 2. The third kappa shape index (κ3) is 2.03. The van der Waals surface area contributed by atoms with Crippen LogP contribution in [0.1, 0.15) is 15.2 Å². The Hall–Kier alpha value is -1.70. The first-order chi connectivity index (χ1) is 8.35. The number of carbonyl (C=O) groups excluding carboxylic acids is 1. The molecule has 1 aromatic heterocycles. The van der Waals surface area contributed by atoms with Gasteiger partial charge in [0.2, 0.25) is 0 Å². The predicted molar refractivity (Wildman–Crippen MR) is 59.7 cm³/mol. The number of amides is 1. The fourth-order valence-corrected chi connectivity index (χ4v) is 2.84. The number of methoxy groups -OCH3 is 1. The van der Waals surface area contributed by atoms with Gasteiger partial charge in [0.25, 0.3) is 5.92 Å². The van der Waals surface area contributed by atoms with Gasteiger partial charge >= 0.3 is 12.1 Å². The number of fused-ring (bicyclic) bond motifs is 1. The van der Waals surface area contributed by atoms with Crippen LogP contribution in [0.15, 0.2) is 5.38 Å². The standard InChI is InChI=1S/C10H9F2NO4S/c1-17-8(14)7-6-5(3-18-7)2-10(11,12)4-13(6)9(15)16/h3H,2,4H2,1H3,(H,15,16). The molecule has 1 aliphatic rings. The van der Waals surface area contributed by atoms with Crippen molar-refractivity contribution in [1.82, 2.24) is 0 Å². The maximum absolute atomic E-state index is 13.4. The first kappa shape index (κ1) is 12.7. The molecule has 98 valence electrons. The van der Waals surface area contributed by atoms with Crippen molar-refractivity contribution in [2.75, 3.05) is 18.6 Å². The van der Waals surface area contributed by atoms with Crippen LogP contribution >= 0.6 is 11.3 Å². The summed E-state index contributed by atoms with van der Waals surface area (Å²) < 4.78 is 31.2. The van der Waals surface area contributed by atoms with E-state index >= 15 is 0 Å². The lowest BCUT2D eigenvalue weighted by Gasteiger charge is -2.31. The largest absolute Gasteiger partial charge is 0.465 e. The molecule has 0 radical (unpaired) electrons. The van der Waals surface area contributed by atoms with Crippen molar-refractivity contribution in [2.45, 2.75) is 12.3 Å². The number of rotatable bonds is 1. The van der Waals surface area contributed by atoms with E-state index in [2.05, 4.69) is 4.74 Å². The van der Waals surface area contributed by atoms with E-state index in [0.29, 0.717) is 4.90 Å². The SMILES string of the molecule is COC(=O)c1scc2c1N(C(=O)O)CC(F)(F)C2. The van der Waals surface area contributed by atoms with Gasteiger partial charge in [-0.3, -0.25) is 4.90 Å². The van der Waals surface area contributed by atoms with Crippen LogP contribution in [0, 0.1) is 0 Å². The normalized spacial score (nSPS) is 17.2. The van der Waals surface area contributed by atoms with Gasteiger partial charge in [-0.15, -0.1) is 11.3 Å². The number of hydrogen-bond acceptors (Lipinski definition) is 4. The lowest BCUT2D eigenvalue weighted by molar-refractivity contribution is 0.00573. The van der Waals surface area contributed by atoms with Crippen LogP contribution in [0.2, 0.25) is 0 Å². The van der Waals surface area contributed by atoms with Gasteiger partial charge in [-0.2, -0.15) is 0 Å². The van der Waals surface area contributed by atoms with E-state index in [1.807, 2.05) is 0 Å². The van der Waals surface area contributed by atoms with Gasteiger partial charge in [0.05, 0.1) is 19.3 Å². The molecule has 0 bridgehead atoms. The number of halogens is 2. The molecule has 2 rings (SSSR count). The molecule has 0 atom stereocenters. The average Bonchev–Trinajstić information content (AvgIpc) is 2.68. The number of nitrogens with zero attached hydrogens (tertiary/aromatic N) is 1. The number of hydrogen-bond donors (Lipinski definition) is 1. The van der Waals surface area contributed by atoms with E-state index in [9.17, 15) is 18.4 Å². The van der Waals surface area contributed by atoms with E-state index < -0.39 is 31.0 Å². The van der Waals surface area contributed by atoms with Crippen molar-refractivity contribution in [2.24, 2.45) is 0 Å². The third-order valence-electron chi connectivity index (χ3n) is 2.55. The van der Waals surface area contributed by atoms with Crippen molar-refractivity contribution in [3.05, 3.63) is 15.8 Å². The number of esters is 1. The van der Waals surface area contributed by atoms with Crippen LogP contribution < -0.4 is 4.90 Å². The van der Waals surface area contributed by atoms with E-state index in [-0.39, 0.29) is 16.1 Å². The Balaban J connectivity index is 2.53. The Kier molecular flexibility index (Phi) is 2.97. The molecule has 18 heavy (non-hydrogen) atoms. The summed E-state index contributed by atoms with van der Waals surface area (Å²) in [4.78, 5) is 23.0. The predicted octanol–water partition coefficient (Wildman–Crippen LogP) is 2.21. The highest BCUT2D eigenvalue weighted by Crippen LogP contribution is 2.41. The van der Waals surface area contributed by atoms with Crippen LogP contribution in [0.25, 0.3) is 0 Å². The van der Waals surface area contributed by atoms with Gasteiger partial charge in [0.1, 0.15) is 4.88 Å². The Morgan fingerprint density at radius 1 is 1.56 bits per heavy atom. The number of thiophene rings is 1. The maximum Gasteiger partial charge on any atom is 0.412 e. The summed E-state index contributed by atoms with van der Waals surface area (Å²) >= 11 is 0.907. The highest BCUT2D eigenvalue weighted by molar-refractivity contribution is 7.12. The van der Waals surface area contributed by atoms with Gasteiger partial charge < -0.3 is 9.84 Å². The molecule has 5 nitrogen and oxygen atoms in total. The molecule has 8 heteroatoms. The zero-order chi connectivity index (χ0) is 13.5. The number of anilines is 1. The van der Waals surface area contributed by atoms with Crippen molar-refractivity contribution in [1.29, 1.82) is 0 Å². The van der Waals surface area contributed by atoms with E-state index in [4.69, 9.17) is 5.11 Å². The Morgan fingerprint density at radius 2 is 2.22 bits per heavy atom. The fourth-order valence-electron chi connectivity index (χ4n) is 1.85. The summed E-state index contributed by atoms with van der Waals surface area (Å²) in [6.07, 6.45) is -2.08. The number of carbonyl (C=O) groups is 2. The van der Waals surface area contributed by atoms with Crippen LogP contribution in [-0.2, 0) is 11.2 Å². The average molecular weight is 277 g/mol. The minimum Gasteiger partial charge on any atom is -0.465 e. The highest BCUT2D eigenvalue weighted by Gasteiger charge is 2.43. The molecule has 0 aliphatic carbocycles. The monoisotopic (exact) mass is 277 g/mol. The highest BCUT2D eigenvalue weighted by atomic mass is 32.1. The quantitative estimate of drug-likeness (QED) is 0.799.